The molecule has 1 heterocycles. The van der Waals surface area contributed by atoms with E-state index >= 15 is 0 Å². The number of ether oxygens (including phenoxy) is 1. The zero-order valence-corrected chi connectivity index (χ0v) is 13.0. The number of carbonyl (C=O) groups is 1. The number of nitrogens with zero attached hydrogens (tertiary/aromatic N) is 1. The summed E-state index contributed by atoms with van der Waals surface area (Å²) in [6.45, 7) is 0. The molecule has 0 unspecified atom stereocenters. The van der Waals surface area contributed by atoms with Gasteiger partial charge in [-0.2, -0.15) is 0 Å². The summed E-state index contributed by atoms with van der Waals surface area (Å²) >= 11 is 6.19. The molecule has 0 aliphatic carbocycles. The van der Waals surface area contributed by atoms with E-state index in [0.717, 1.165) is 10.9 Å². The third-order valence-electron chi connectivity index (χ3n) is 3.59. The van der Waals surface area contributed by atoms with Gasteiger partial charge in [0, 0.05) is 34.7 Å². The lowest BCUT2D eigenvalue weighted by atomic mass is 10.2. The molecule has 22 heavy (non-hydrogen) atoms. The molecule has 0 saturated heterocycles. The SMILES string of the molecule is COc1cccc(NC(=O)c2cc3c(Cl)cccc3n2C)c1. The largest absolute Gasteiger partial charge is 0.497 e. The van der Waals surface area contributed by atoms with Gasteiger partial charge >= 0.3 is 0 Å². The number of aryl methyl sites for hydroxylation is 1. The minimum absolute atomic E-state index is 0.192. The Kier molecular flexibility index (Phi) is 3.77. The van der Waals surface area contributed by atoms with Crippen molar-refractivity contribution in [2.45, 2.75) is 0 Å². The van der Waals surface area contributed by atoms with E-state index in [-0.39, 0.29) is 5.91 Å². The molecular formula is C17H15ClN2O2. The second-order valence-electron chi connectivity index (χ2n) is 4.95. The number of benzene rings is 2. The average molecular weight is 315 g/mol. The minimum Gasteiger partial charge on any atom is -0.497 e. The summed E-state index contributed by atoms with van der Waals surface area (Å²) in [5.74, 6) is 0.501. The molecule has 0 aliphatic rings. The van der Waals surface area contributed by atoms with Crippen LogP contribution in [0.5, 0.6) is 5.75 Å². The fraction of sp³-hybridized carbons (Fsp3) is 0.118. The van der Waals surface area contributed by atoms with Gasteiger partial charge in [0.2, 0.25) is 0 Å². The summed E-state index contributed by atoms with van der Waals surface area (Å²) in [5, 5.41) is 4.37. The molecule has 0 spiro atoms. The van der Waals surface area contributed by atoms with Crippen molar-refractivity contribution in [3.05, 3.63) is 59.2 Å². The van der Waals surface area contributed by atoms with Crippen molar-refractivity contribution in [1.82, 2.24) is 4.57 Å². The first-order valence-corrected chi connectivity index (χ1v) is 7.17. The number of carbonyl (C=O) groups excluding carboxylic acids is 1. The fourth-order valence-corrected chi connectivity index (χ4v) is 2.66. The van der Waals surface area contributed by atoms with Crippen LogP contribution in [0.4, 0.5) is 5.69 Å². The van der Waals surface area contributed by atoms with Crippen LogP contribution in [0.3, 0.4) is 0 Å². The Labute approximate surface area is 133 Å². The first-order valence-electron chi connectivity index (χ1n) is 6.79. The first-order chi connectivity index (χ1) is 10.6. The van der Waals surface area contributed by atoms with Gasteiger partial charge in [-0.3, -0.25) is 4.79 Å². The molecule has 1 aromatic heterocycles. The van der Waals surface area contributed by atoms with E-state index < -0.39 is 0 Å². The van der Waals surface area contributed by atoms with E-state index in [4.69, 9.17) is 16.3 Å². The van der Waals surface area contributed by atoms with Gasteiger partial charge in [0.1, 0.15) is 11.4 Å². The Hall–Kier alpha value is -2.46. The van der Waals surface area contributed by atoms with Gasteiger partial charge < -0.3 is 14.6 Å². The van der Waals surface area contributed by atoms with Gasteiger partial charge in [-0.1, -0.05) is 23.7 Å². The molecule has 3 aromatic rings. The van der Waals surface area contributed by atoms with E-state index in [1.807, 2.05) is 48.0 Å². The van der Waals surface area contributed by atoms with Gasteiger partial charge in [-0.15, -0.1) is 0 Å². The summed E-state index contributed by atoms with van der Waals surface area (Å²) < 4.78 is 6.99. The number of amides is 1. The predicted octanol–water partition coefficient (Wildman–Crippen LogP) is 4.09. The summed E-state index contributed by atoms with van der Waals surface area (Å²) in [4.78, 5) is 12.5. The maximum atomic E-state index is 12.5. The lowest BCUT2D eigenvalue weighted by molar-refractivity contribution is 0.102. The van der Waals surface area contributed by atoms with E-state index in [2.05, 4.69) is 5.32 Å². The van der Waals surface area contributed by atoms with Crippen molar-refractivity contribution in [3.8, 4) is 5.75 Å². The number of methoxy groups -OCH3 is 1. The smallest absolute Gasteiger partial charge is 0.272 e. The molecule has 1 amide bonds. The lowest BCUT2D eigenvalue weighted by Gasteiger charge is -2.08. The molecular weight excluding hydrogens is 300 g/mol. The molecule has 0 radical (unpaired) electrons. The standard InChI is InChI=1S/C17H15ClN2O2/c1-20-15-8-4-7-14(18)13(15)10-16(20)17(21)19-11-5-3-6-12(9-11)22-2/h3-10H,1-2H3,(H,19,21). The predicted molar refractivity (Wildman–Crippen MR) is 88.9 cm³/mol. The Morgan fingerprint density at radius 3 is 2.68 bits per heavy atom. The van der Waals surface area contributed by atoms with Crippen LogP contribution in [0.1, 0.15) is 10.5 Å². The summed E-state index contributed by atoms with van der Waals surface area (Å²) in [6.07, 6.45) is 0. The van der Waals surface area contributed by atoms with Crippen LogP contribution >= 0.6 is 11.6 Å². The molecule has 0 fully saturated rings. The van der Waals surface area contributed by atoms with Crippen LogP contribution in [-0.4, -0.2) is 17.6 Å². The Bertz CT molecular complexity index is 855. The normalized spacial score (nSPS) is 10.7. The summed E-state index contributed by atoms with van der Waals surface area (Å²) in [5.41, 5.74) is 2.15. The van der Waals surface area contributed by atoms with Gasteiger partial charge in [0.05, 0.1) is 7.11 Å². The van der Waals surface area contributed by atoms with Crippen LogP contribution in [0.15, 0.2) is 48.5 Å². The van der Waals surface area contributed by atoms with Gasteiger partial charge in [-0.25, -0.2) is 0 Å². The number of nitrogens with one attached hydrogen (secondary N) is 1. The van der Waals surface area contributed by atoms with E-state index in [0.29, 0.717) is 22.2 Å². The molecule has 4 nitrogen and oxygen atoms in total. The topological polar surface area (TPSA) is 43.3 Å². The Balaban J connectivity index is 1.95. The highest BCUT2D eigenvalue weighted by molar-refractivity contribution is 6.35. The number of hydrogen-bond acceptors (Lipinski definition) is 2. The molecule has 2 aromatic carbocycles. The molecule has 1 N–H and O–H groups in total. The first kappa shape index (κ1) is 14.5. The third-order valence-corrected chi connectivity index (χ3v) is 3.92. The fourth-order valence-electron chi connectivity index (χ4n) is 2.44. The number of aromatic nitrogens is 1. The average Bonchev–Trinajstić information content (AvgIpc) is 2.86. The second kappa shape index (κ2) is 5.73. The van der Waals surface area contributed by atoms with E-state index in [1.165, 1.54) is 0 Å². The second-order valence-corrected chi connectivity index (χ2v) is 5.35. The van der Waals surface area contributed by atoms with Gasteiger partial charge in [-0.05, 0) is 30.3 Å². The number of hydrogen-bond donors (Lipinski definition) is 1. The van der Waals surface area contributed by atoms with Crippen molar-refractivity contribution in [2.24, 2.45) is 7.05 Å². The number of fused-ring (bicyclic) bond motifs is 1. The van der Waals surface area contributed by atoms with Crippen LogP contribution in [-0.2, 0) is 7.05 Å². The molecule has 5 heteroatoms. The maximum Gasteiger partial charge on any atom is 0.272 e. The lowest BCUT2D eigenvalue weighted by Crippen LogP contribution is -2.15. The minimum atomic E-state index is -0.192. The van der Waals surface area contributed by atoms with Crippen molar-refractivity contribution >= 4 is 34.1 Å². The molecule has 0 atom stereocenters. The highest BCUT2D eigenvalue weighted by atomic mass is 35.5. The Morgan fingerprint density at radius 2 is 1.95 bits per heavy atom. The zero-order chi connectivity index (χ0) is 15.7. The van der Waals surface area contributed by atoms with Crippen LogP contribution < -0.4 is 10.1 Å². The summed E-state index contributed by atoms with van der Waals surface area (Å²) in [6, 6.07) is 14.7. The number of anilines is 1. The molecule has 112 valence electrons. The van der Waals surface area contributed by atoms with Crippen molar-refractivity contribution in [3.63, 3.8) is 0 Å². The number of halogens is 1. The Morgan fingerprint density at radius 1 is 1.18 bits per heavy atom. The van der Waals surface area contributed by atoms with Crippen LogP contribution in [0, 0.1) is 0 Å². The molecule has 3 rings (SSSR count). The molecule has 0 aliphatic heterocycles. The zero-order valence-electron chi connectivity index (χ0n) is 12.3. The summed E-state index contributed by atoms with van der Waals surface area (Å²) in [7, 11) is 3.44. The van der Waals surface area contributed by atoms with E-state index in [9.17, 15) is 4.79 Å². The third kappa shape index (κ3) is 2.53. The number of rotatable bonds is 3. The van der Waals surface area contributed by atoms with E-state index in [1.54, 1.807) is 19.2 Å². The molecule has 0 saturated carbocycles. The van der Waals surface area contributed by atoms with Crippen molar-refractivity contribution < 1.29 is 9.53 Å². The quantitative estimate of drug-likeness (QED) is 0.791. The van der Waals surface area contributed by atoms with Crippen LogP contribution in [0.25, 0.3) is 10.9 Å². The molecule has 0 bridgehead atoms. The maximum absolute atomic E-state index is 12.5. The van der Waals surface area contributed by atoms with Crippen molar-refractivity contribution in [1.29, 1.82) is 0 Å². The van der Waals surface area contributed by atoms with Gasteiger partial charge in [0.25, 0.3) is 5.91 Å². The van der Waals surface area contributed by atoms with Crippen LogP contribution in [0.2, 0.25) is 5.02 Å². The highest BCUT2D eigenvalue weighted by Gasteiger charge is 2.15. The highest BCUT2D eigenvalue weighted by Crippen LogP contribution is 2.27. The van der Waals surface area contributed by atoms with Gasteiger partial charge in [0.15, 0.2) is 0 Å². The van der Waals surface area contributed by atoms with Crippen molar-refractivity contribution in [2.75, 3.05) is 12.4 Å². The monoisotopic (exact) mass is 314 g/mol.